The molecule has 0 spiro atoms. The van der Waals surface area contributed by atoms with E-state index < -0.39 is 96.9 Å². The molecule has 6 rings (SSSR count). The van der Waals surface area contributed by atoms with Crippen LogP contribution in [0.15, 0.2) is 15.3 Å². The molecule has 12 radical (unpaired) electrons. The number of hydrogen-bond acceptors (Lipinski definition) is 17. The van der Waals surface area contributed by atoms with Crippen LogP contribution in [-0.4, -0.2) is 223 Å². The number of hydrogen-bond donors (Lipinski definition) is 1. The van der Waals surface area contributed by atoms with Crippen LogP contribution < -0.4 is 5.32 Å². The summed E-state index contributed by atoms with van der Waals surface area (Å²) in [5.41, 5.74) is 25.8. The fourth-order valence-electron chi connectivity index (χ4n) is 11.7. The number of ether oxygens (including phenoxy) is 9. The molecule has 0 aromatic heterocycles. The van der Waals surface area contributed by atoms with Gasteiger partial charge in [0.2, 0.25) is 11.8 Å². The molecule has 85 heavy (non-hydrogen) atoms. The molecule has 6 aliphatic heterocycles. The number of nitrogens with zero attached hydrogens (tertiary/aromatic N) is 11. The van der Waals surface area contributed by atoms with Crippen molar-refractivity contribution in [3.05, 3.63) is 31.3 Å². The summed E-state index contributed by atoms with van der Waals surface area (Å²) in [7, 11) is 35.3. The maximum atomic E-state index is 12.9. The van der Waals surface area contributed by atoms with Gasteiger partial charge in [-0.25, -0.2) is 14.5 Å². The lowest BCUT2D eigenvalue weighted by molar-refractivity contribution is -0.157. The van der Waals surface area contributed by atoms with E-state index in [0.29, 0.717) is 37.5 Å². The van der Waals surface area contributed by atoms with Gasteiger partial charge in [0, 0.05) is 70.1 Å². The van der Waals surface area contributed by atoms with Crippen molar-refractivity contribution in [3.8, 4) is 0 Å². The Labute approximate surface area is 508 Å². The maximum absolute atomic E-state index is 12.9. The molecule has 19 atom stereocenters. The van der Waals surface area contributed by atoms with Crippen LogP contribution in [0.1, 0.15) is 115 Å². The van der Waals surface area contributed by atoms with Crippen molar-refractivity contribution in [2.75, 3.05) is 39.3 Å². The van der Waals surface area contributed by atoms with Crippen molar-refractivity contribution in [2.24, 2.45) is 68.6 Å². The van der Waals surface area contributed by atoms with Crippen molar-refractivity contribution < 1.29 is 66.6 Å². The lowest BCUT2D eigenvalue weighted by Gasteiger charge is -2.29. The lowest BCUT2D eigenvalue weighted by Crippen LogP contribution is -2.49. The predicted molar refractivity (Wildman–Crippen MR) is 317 cm³/mol. The Morgan fingerprint density at radius 1 is 0.541 bits per heavy atom. The molecular formula is C53H84B6N12O14. The van der Waals surface area contributed by atoms with E-state index in [1.807, 2.05) is 55.4 Å². The van der Waals surface area contributed by atoms with Crippen LogP contribution in [0.5, 0.6) is 0 Å². The van der Waals surface area contributed by atoms with Gasteiger partial charge in [0.1, 0.15) is 85.5 Å². The minimum absolute atomic E-state index is 0.0266. The van der Waals surface area contributed by atoms with Gasteiger partial charge in [-0.2, -0.15) is 0 Å². The van der Waals surface area contributed by atoms with Crippen LogP contribution in [0.4, 0.5) is 9.59 Å². The van der Waals surface area contributed by atoms with E-state index >= 15 is 0 Å². The van der Waals surface area contributed by atoms with Crippen LogP contribution >= 0.6 is 0 Å². The average Bonchev–Trinajstić information content (AvgIpc) is 3.11. The third kappa shape index (κ3) is 21.8. The molecule has 0 saturated carbocycles. The van der Waals surface area contributed by atoms with Gasteiger partial charge in [-0.3, -0.25) is 14.4 Å². The number of nitrogens with one attached hydrogen (secondary N) is 1. The van der Waals surface area contributed by atoms with E-state index in [1.54, 1.807) is 0 Å². The Morgan fingerprint density at radius 3 is 1.44 bits per heavy atom. The number of carbonyl (C=O) groups excluding carboxylic acids is 5. The molecular weight excluding hydrogens is 1090 g/mol. The Bertz CT molecular complexity index is 2340. The van der Waals surface area contributed by atoms with Crippen LogP contribution in [0.2, 0.25) is 0 Å². The fourth-order valence-corrected chi connectivity index (χ4v) is 11.7. The first-order valence-corrected chi connectivity index (χ1v) is 29.4. The Balaban J connectivity index is 0.000000274. The topological polar surface area (TPSA) is 333 Å². The number of esters is 1. The molecule has 0 aromatic carbocycles. The molecule has 0 aromatic rings. The SMILES string of the molecule is [B]C1CC(C(C)C)C(CN(C(=O)CN=[N+]=[N-])C(=O)OC2CC([B])OC2C(C)C)O1.[B]C1CC(C(C)C)C(CN(CC(=O)OC2CC([B])OC2C(C)C)C(=O)CN=[N+]=[N-])O1.[B]C1CC(C(C)C)C(COC(=O)NC2C(N=[N+]=[N-])C([B])OC2C(C)C)O1. The third-order valence-corrected chi connectivity index (χ3v) is 16.1. The smallest absolute Gasteiger partial charge is 0.416 e. The number of azide groups is 3. The van der Waals surface area contributed by atoms with Crippen LogP contribution in [0, 0.1) is 53.3 Å². The minimum Gasteiger partial charge on any atom is -0.458 e. The third-order valence-electron chi connectivity index (χ3n) is 16.1. The highest BCUT2D eigenvalue weighted by Crippen LogP contribution is 2.36. The molecule has 6 saturated heterocycles. The van der Waals surface area contributed by atoms with Gasteiger partial charge in [0.25, 0.3) is 0 Å². The molecule has 19 unspecified atom stereocenters. The second-order valence-electron chi connectivity index (χ2n) is 24.6. The summed E-state index contributed by atoms with van der Waals surface area (Å²) in [6.07, 6.45) is -1.68. The minimum atomic E-state index is -0.830. The van der Waals surface area contributed by atoms with E-state index in [0.717, 1.165) is 11.3 Å². The van der Waals surface area contributed by atoms with Crippen molar-refractivity contribution in [3.63, 3.8) is 0 Å². The molecule has 4 amide bonds. The largest absolute Gasteiger partial charge is 0.458 e. The van der Waals surface area contributed by atoms with Gasteiger partial charge >= 0.3 is 18.2 Å². The summed E-state index contributed by atoms with van der Waals surface area (Å²) in [5.74, 6) is -0.0290. The van der Waals surface area contributed by atoms with Gasteiger partial charge < -0.3 is 52.8 Å². The van der Waals surface area contributed by atoms with Gasteiger partial charge in [-0.15, -0.1) is 0 Å². The number of alkyl carbamates (subject to hydrolysis) is 1. The molecule has 0 bridgehead atoms. The zero-order chi connectivity index (χ0) is 63.6. The summed E-state index contributed by atoms with van der Waals surface area (Å²) >= 11 is 0. The number of rotatable bonds is 22. The van der Waals surface area contributed by atoms with E-state index in [-0.39, 0.29) is 111 Å². The molecule has 32 heteroatoms. The standard InChI is InChI=1S/C19H30B2N4O5.C18H28B2N4O5.C16H26B2N4O4/c1-10(2)12-5-15(20)28-14(12)8-25(17(26)7-23-24-22)9-18(27)29-13-6-16(21)30-19(13)11(3)4;1-9(2)11-5-14(19)27-13(11)8-24(16(25)7-22-23-21)18(26)28-12-6-15(20)29-17(12)10(3)4;1-7(2)9-5-11(17)25-10(9)6-24-16(23)20-12-13(21-22-19)15(18)26-14(12)8(3)4/h10-16,19H,5-9H2,1-4H3;9-15,17H,5-8H2,1-4H3;7-15H,5-6H2,1-4H3,(H,20,23). The zero-order valence-electron chi connectivity index (χ0n) is 51.3. The summed E-state index contributed by atoms with van der Waals surface area (Å²) in [6.45, 7) is 23.2. The van der Waals surface area contributed by atoms with Crippen LogP contribution in [0.3, 0.4) is 0 Å². The van der Waals surface area contributed by atoms with Crippen LogP contribution in [-0.2, 0) is 57.0 Å². The molecule has 0 aliphatic carbocycles. The van der Waals surface area contributed by atoms with Gasteiger partial charge in [-0.05, 0) is 89.1 Å². The fraction of sp³-hybridized carbons (Fsp3) is 0.906. The predicted octanol–water partition coefficient (Wildman–Crippen LogP) is 5.52. The highest BCUT2D eigenvalue weighted by Gasteiger charge is 2.46. The van der Waals surface area contributed by atoms with Crippen LogP contribution in [0.25, 0.3) is 31.3 Å². The first kappa shape index (κ1) is 72.7. The Kier molecular flexibility index (Phi) is 29.7. The van der Waals surface area contributed by atoms with Crippen molar-refractivity contribution in [1.82, 2.24) is 15.1 Å². The molecule has 6 aliphatic rings. The maximum Gasteiger partial charge on any atom is 0.416 e. The van der Waals surface area contributed by atoms with Gasteiger partial charge in [0.15, 0.2) is 0 Å². The lowest BCUT2D eigenvalue weighted by atomic mass is 9.84. The normalized spacial score (nSPS) is 33.0. The summed E-state index contributed by atoms with van der Waals surface area (Å²) in [5, 5.41) is 13.0. The Morgan fingerprint density at radius 2 is 0.976 bits per heavy atom. The van der Waals surface area contributed by atoms with Crippen molar-refractivity contribution >= 4 is 77.0 Å². The summed E-state index contributed by atoms with van der Waals surface area (Å²) < 4.78 is 50.6. The monoisotopic (exact) mass is 1180 g/mol. The second kappa shape index (κ2) is 34.7. The van der Waals surface area contributed by atoms with E-state index in [1.165, 1.54) is 4.90 Å². The zero-order valence-corrected chi connectivity index (χ0v) is 51.3. The van der Waals surface area contributed by atoms with Gasteiger partial charge in [0.05, 0.1) is 55.3 Å². The van der Waals surface area contributed by atoms with Gasteiger partial charge in [-0.1, -0.05) is 98.4 Å². The molecule has 458 valence electrons. The molecule has 26 nitrogen and oxygen atoms in total. The first-order valence-electron chi connectivity index (χ1n) is 29.4. The first-order chi connectivity index (χ1) is 40.0. The van der Waals surface area contributed by atoms with E-state index in [4.69, 9.17) is 106 Å². The highest BCUT2D eigenvalue weighted by molar-refractivity contribution is 6.12. The van der Waals surface area contributed by atoms with Crippen molar-refractivity contribution in [1.29, 1.82) is 0 Å². The Hall–Kier alpha value is -4.77. The quantitative estimate of drug-likeness (QED) is 0.0348. The molecule has 6 fully saturated rings. The molecule has 6 heterocycles. The number of amides is 4. The number of carbonyl (C=O) groups is 5. The summed E-state index contributed by atoms with van der Waals surface area (Å²) in [4.78, 5) is 73.2. The van der Waals surface area contributed by atoms with E-state index in [9.17, 15) is 24.0 Å². The van der Waals surface area contributed by atoms with E-state index in [2.05, 4.69) is 63.1 Å². The average molecular weight is 1180 g/mol. The molecule has 1 N–H and O–H groups in total. The number of imide groups is 1. The van der Waals surface area contributed by atoms with Crippen molar-refractivity contribution in [2.45, 2.75) is 212 Å². The second-order valence-corrected chi connectivity index (χ2v) is 24.6. The summed E-state index contributed by atoms with van der Waals surface area (Å²) in [6, 6.07) is -4.24. The highest BCUT2D eigenvalue weighted by atomic mass is 16.6.